The van der Waals surface area contributed by atoms with Crippen molar-refractivity contribution in [3.8, 4) is 0 Å². The number of hydrogen-bond acceptors (Lipinski definition) is 5. The van der Waals surface area contributed by atoms with Crippen LogP contribution in [0.1, 0.15) is 52.4 Å². The van der Waals surface area contributed by atoms with Crippen LogP contribution in [0.4, 0.5) is 5.82 Å². The van der Waals surface area contributed by atoms with Crippen LogP contribution in [0.3, 0.4) is 0 Å². The van der Waals surface area contributed by atoms with Crippen LogP contribution in [0.25, 0.3) is 11.2 Å². The summed E-state index contributed by atoms with van der Waals surface area (Å²) in [5, 5.41) is 12.2. The summed E-state index contributed by atoms with van der Waals surface area (Å²) < 4.78 is 0. The van der Waals surface area contributed by atoms with Crippen LogP contribution >= 0.6 is 0 Å². The first-order valence-electron chi connectivity index (χ1n) is 8.18. The largest absolute Gasteiger partial charge is 0.481 e. The Balaban J connectivity index is 1.92. The fourth-order valence-electron chi connectivity index (χ4n) is 2.73. The SMILES string of the molecule is CC(C)CC(CCCCCC(=O)O)Nc1ncnc2nc[nH]c12. The predicted molar refractivity (Wildman–Crippen MR) is 89.3 cm³/mol. The van der Waals surface area contributed by atoms with E-state index in [1.807, 2.05) is 0 Å². The Hall–Kier alpha value is -2.18. The minimum absolute atomic E-state index is 0.253. The van der Waals surface area contributed by atoms with E-state index in [2.05, 4.69) is 39.1 Å². The zero-order chi connectivity index (χ0) is 16.7. The minimum atomic E-state index is -0.718. The number of aromatic nitrogens is 4. The molecule has 1 unspecified atom stereocenters. The number of carbonyl (C=O) groups is 1. The molecule has 0 spiro atoms. The van der Waals surface area contributed by atoms with Crippen molar-refractivity contribution in [2.45, 2.75) is 58.4 Å². The van der Waals surface area contributed by atoms with Crippen molar-refractivity contribution < 1.29 is 9.90 Å². The molecule has 2 aromatic rings. The van der Waals surface area contributed by atoms with Crippen LogP contribution in [0.2, 0.25) is 0 Å². The van der Waals surface area contributed by atoms with Gasteiger partial charge in [0.1, 0.15) is 11.8 Å². The van der Waals surface area contributed by atoms with Crippen LogP contribution in [0.15, 0.2) is 12.7 Å². The van der Waals surface area contributed by atoms with Gasteiger partial charge >= 0.3 is 5.97 Å². The Morgan fingerprint density at radius 1 is 1.26 bits per heavy atom. The van der Waals surface area contributed by atoms with E-state index < -0.39 is 5.97 Å². The topological polar surface area (TPSA) is 104 Å². The molecule has 0 fully saturated rings. The summed E-state index contributed by atoms with van der Waals surface area (Å²) >= 11 is 0. The van der Waals surface area contributed by atoms with Gasteiger partial charge in [0, 0.05) is 12.5 Å². The van der Waals surface area contributed by atoms with Gasteiger partial charge in [-0.1, -0.05) is 26.7 Å². The lowest BCUT2D eigenvalue weighted by Crippen LogP contribution is -2.22. The number of carboxylic acid groups (broad SMARTS) is 1. The second-order valence-electron chi connectivity index (χ2n) is 6.29. The monoisotopic (exact) mass is 319 g/mol. The molecule has 0 saturated carbocycles. The van der Waals surface area contributed by atoms with Gasteiger partial charge in [-0.05, 0) is 25.2 Å². The second kappa shape index (κ2) is 8.45. The molecule has 2 heterocycles. The predicted octanol–water partition coefficient (Wildman–Crippen LogP) is 3.21. The highest BCUT2D eigenvalue weighted by atomic mass is 16.4. The highest BCUT2D eigenvalue weighted by Gasteiger charge is 2.14. The first-order chi connectivity index (χ1) is 11.1. The molecule has 3 N–H and O–H groups in total. The number of anilines is 1. The number of aromatic amines is 1. The van der Waals surface area contributed by atoms with E-state index in [1.165, 1.54) is 6.33 Å². The second-order valence-corrected chi connectivity index (χ2v) is 6.29. The third-order valence-corrected chi connectivity index (χ3v) is 3.76. The van der Waals surface area contributed by atoms with Gasteiger partial charge in [-0.15, -0.1) is 0 Å². The number of nitrogens with zero attached hydrogens (tertiary/aromatic N) is 3. The zero-order valence-electron chi connectivity index (χ0n) is 13.7. The van der Waals surface area contributed by atoms with Crippen LogP contribution in [-0.4, -0.2) is 37.1 Å². The van der Waals surface area contributed by atoms with E-state index in [4.69, 9.17) is 5.11 Å². The first-order valence-corrected chi connectivity index (χ1v) is 8.18. The summed E-state index contributed by atoms with van der Waals surface area (Å²) in [5.74, 6) is 0.638. The zero-order valence-corrected chi connectivity index (χ0v) is 13.7. The Bertz CT molecular complexity index is 626. The summed E-state index contributed by atoms with van der Waals surface area (Å²) in [6, 6.07) is 0.307. The smallest absolute Gasteiger partial charge is 0.303 e. The van der Waals surface area contributed by atoms with Gasteiger partial charge in [0.2, 0.25) is 0 Å². The number of aliphatic carboxylic acids is 1. The molecule has 2 rings (SSSR count). The average Bonchev–Trinajstić information content (AvgIpc) is 2.95. The molecule has 0 aromatic carbocycles. The lowest BCUT2D eigenvalue weighted by atomic mass is 9.98. The fourth-order valence-corrected chi connectivity index (χ4v) is 2.73. The molecule has 7 nitrogen and oxygen atoms in total. The van der Waals surface area contributed by atoms with Crippen molar-refractivity contribution in [2.75, 3.05) is 5.32 Å². The molecule has 0 aliphatic rings. The number of unbranched alkanes of at least 4 members (excludes halogenated alkanes) is 2. The van der Waals surface area contributed by atoms with E-state index in [0.717, 1.165) is 43.4 Å². The van der Waals surface area contributed by atoms with Crippen molar-refractivity contribution in [1.29, 1.82) is 0 Å². The van der Waals surface area contributed by atoms with Gasteiger partial charge in [-0.3, -0.25) is 4.79 Å². The summed E-state index contributed by atoms with van der Waals surface area (Å²) in [6.07, 6.45) is 8.11. The van der Waals surface area contributed by atoms with Gasteiger partial charge in [0.25, 0.3) is 0 Å². The van der Waals surface area contributed by atoms with Crippen molar-refractivity contribution >= 4 is 23.0 Å². The lowest BCUT2D eigenvalue weighted by Gasteiger charge is -2.21. The standard InChI is InChI=1S/C16H25N5O2/c1-11(2)8-12(6-4-3-5-7-13(22)23)21-16-14-15(18-9-17-14)19-10-20-16/h9-12H,3-8H2,1-2H3,(H,22,23)(H2,17,18,19,20,21). The summed E-state index contributed by atoms with van der Waals surface area (Å²) in [4.78, 5) is 26.2. The van der Waals surface area contributed by atoms with E-state index in [-0.39, 0.29) is 6.42 Å². The number of fused-ring (bicyclic) bond motifs is 1. The van der Waals surface area contributed by atoms with E-state index in [9.17, 15) is 4.79 Å². The molecule has 2 aromatic heterocycles. The maximum Gasteiger partial charge on any atom is 0.303 e. The molecule has 1 atom stereocenters. The van der Waals surface area contributed by atoms with Crippen molar-refractivity contribution in [2.24, 2.45) is 5.92 Å². The van der Waals surface area contributed by atoms with Crippen LogP contribution < -0.4 is 5.32 Å². The van der Waals surface area contributed by atoms with Gasteiger partial charge in [0.15, 0.2) is 11.5 Å². The number of carboxylic acids is 1. The van der Waals surface area contributed by atoms with E-state index >= 15 is 0 Å². The number of hydrogen-bond donors (Lipinski definition) is 3. The minimum Gasteiger partial charge on any atom is -0.481 e. The van der Waals surface area contributed by atoms with Gasteiger partial charge in [-0.2, -0.15) is 0 Å². The fraction of sp³-hybridized carbons (Fsp3) is 0.625. The average molecular weight is 319 g/mol. The molecule has 7 heteroatoms. The van der Waals surface area contributed by atoms with Gasteiger partial charge < -0.3 is 15.4 Å². The molecule has 0 aliphatic carbocycles. The molecular formula is C16H25N5O2. The Labute approximate surface area is 136 Å². The van der Waals surface area contributed by atoms with Crippen molar-refractivity contribution in [3.63, 3.8) is 0 Å². The number of nitrogens with one attached hydrogen (secondary N) is 2. The molecular weight excluding hydrogens is 294 g/mol. The molecule has 0 amide bonds. The van der Waals surface area contributed by atoms with Crippen LogP contribution in [0, 0.1) is 5.92 Å². The molecule has 0 bridgehead atoms. The Morgan fingerprint density at radius 3 is 2.83 bits per heavy atom. The summed E-state index contributed by atoms with van der Waals surface area (Å²) in [7, 11) is 0. The highest BCUT2D eigenvalue weighted by Crippen LogP contribution is 2.20. The maximum absolute atomic E-state index is 10.5. The van der Waals surface area contributed by atoms with Crippen LogP contribution in [-0.2, 0) is 4.79 Å². The Kier molecular flexibility index (Phi) is 6.31. The van der Waals surface area contributed by atoms with E-state index in [0.29, 0.717) is 17.6 Å². The quantitative estimate of drug-likeness (QED) is 0.581. The Morgan fingerprint density at radius 2 is 2.09 bits per heavy atom. The van der Waals surface area contributed by atoms with Crippen LogP contribution in [0.5, 0.6) is 0 Å². The molecule has 0 saturated heterocycles. The van der Waals surface area contributed by atoms with Gasteiger partial charge in [0.05, 0.1) is 6.33 Å². The van der Waals surface area contributed by atoms with Gasteiger partial charge in [-0.25, -0.2) is 15.0 Å². The van der Waals surface area contributed by atoms with E-state index in [1.54, 1.807) is 6.33 Å². The highest BCUT2D eigenvalue weighted by molar-refractivity contribution is 5.82. The molecule has 23 heavy (non-hydrogen) atoms. The van der Waals surface area contributed by atoms with Crippen molar-refractivity contribution in [3.05, 3.63) is 12.7 Å². The molecule has 0 aliphatic heterocycles. The maximum atomic E-state index is 10.5. The first kappa shape index (κ1) is 17.2. The number of imidazole rings is 1. The molecule has 0 radical (unpaired) electrons. The number of H-pyrrole nitrogens is 1. The lowest BCUT2D eigenvalue weighted by molar-refractivity contribution is -0.137. The third kappa shape index (κ3) is 5.50. The summed E-state index contributed by atoms with van der Waals surface area (Å²) in [5.41, 5.74) is 1.49. The number of rotatable bonds is 10. The summed E-state index contributed by atoms with van der Waals surface area (Å²) in [6.45, 7) is 4.40. The third-order valence-electron chi connectivity index (χ3n) is 3.76. The molecule has 126 valence electrons. The normalized spacial score (nSPS) is 12.7. The van der Waals surface area contributed by atoms with Crippen molar-refractivity contribution in [1.82, 2.24) is 19.9 Å².